The average molecular weight is 139 g/mol. The van der Waals surface area contributed by atoms with Crippen molar-refractivity contribution in [1.82, 2.24) is 5.32 Å². The summed E-state index contributed by atoms with van der Waals surface area (Å²) in [5.74, 6) is 1.62. The Morgan fingerprint density at radius 2 is 2.40 bits per heavy atom. The van der Waals surface area contributed by atoms with E-state index < -0.39 is 0 Å². The molecule has 1 N–H and O–H groups in total. The van der Waals surface area contributed by atoms with Crippen LogP contribution in [0, 0.1) is 11.8 Å². The van der Waals surface area contributed by atoms with Gasteiger partial charge in [-0.25, -0.2) is 0 Å². The minimum absolute atomic E-state index is 0.189. The summed E-state index contributed by atoms with van der Waals surface area (Å²) < 4.78 is 0. The molecule has 1 aliphatic heterocycles. The second-order valence-corrected chi connectivity index (χ2v) is 3.96. The Bertz CT molecular complexity index is 190. The zero-order chi connectivity index (χ0) is 7.35. The fourth-order valence-electron chi connectivity index (χ4n) is 2.18. The first kappa shape index (κ1) is 6.20. The van der Waals surface area contributed by atoms with Crippen molar-refractivity contribution in [1.29, 1.82) is 0 Å². The second kappa shape index (κ2) is 1.55. The predicted molar refractivity (Wildman–Crippen MR) is 38.4 cm³/mol. The molecule has 0 aromatic rings. The van der Waals surface area contributed by atoms with E-state index >= 15 is 0 Å². The van der Waals surface area contributed by atoms with E-state index in [1.54, 1.807) is 0 Å². The van der Waals surface area contributed by atoms with Gasteiger partial charge in [0.1, 0.15) is 0 Å². The van der Waals surface area contributed by atoms with Crippen molar-refractivity contribution in [3.63, 3.8) is 0 Å². The molecular weight excluding hydrogens is 126 g/mol. The second-order valence-electron chi connectivity index (χ2n) is 3.96. The van der Waals surface area contributed by atoms with E-state index in [9.17, 15) is 4.79 Å². The van der Waals surface area contributed by atoms with Gasteiger partial charge in [0.25, 0.3) is 0 Å². The predicted octanol–water partition coefficient (Wildman–Crippen LogP) is 0.921. The highest BCUT2D eigenvalue weighted by Gasteiger charge is 2.56. The number of amides is 1. The highest BCUT2D eigenvalue weighted by atomic mass is 16.1. The number of hydrogen-bond acceptors (Lipinski definition) is 1. The third kappa shape index (κ3) is 0.678. The van der Waals surface area contributed by atoms with Crippen LogP contribution in [0.15, 0.2) is 0 Å². The molecule has 1 amide bonds. The standard InChI is InChI=1S/C8H13NO/c1-5-3-7(10)9-8(2)4-6(5)8/h5-6H,3-4H2,1-2H3,(H,9,10)/t5-,6+,8+/m0/s1. The Kier molecular flexibility index (Phi) is 0.960. The van der Waals surface area contributed by atoms with Crippen LogP contribution in [0.4, 0.5) is 0 Å². The molecule has 2 aliphatic rings. The summed E-state index contributed by atoms with van der Waals surface area (Å²) in [5, 5.41) is 3.02. The number of hydrogen-bond donors (Lipinski definition) is 1. The van der Waals surface area contributed by atoms with Crippen LogP contribution in [0.2, 0.25) is 0 Å². The Balaban J connectivity index is 2.15. The molecule has 2 rings (SSSR count). The summed E-state index contributed by atoms with van der Waals surface area (Å²) in [5.41, 5.74) is 0.189. The maximum atomic E-state index is 11.0. The van der Waals surface area contributed by atoms with Crippen molar-refractivity contribution >= 4 is 5.91 Å². The van der Waals surface area contributed by atoms with Gasteiger partial charge in [0.15, 0.2) is 0 Å². The van der Waals surface area contributed by atoms with E-state index in [1.807, 2.05) is 0 Å². The lowest BCUT2D eigenvalue weighted by molar-refractivity contribution is -0.124. The molecule has 0 radical (unpaired) electrons. The van der Waals surface area contributed by atoms with Crippen molar-refractivity contribution in [2.45, 2.75) is 32.2 Å². The molecular formula is C8H13NO. The summed E-state index contributed by atoms with van der Waals surface area (Å²) in [6, 6.07) is 0. The van der Waals surface area contributed by atoms with Gasteiger partial charge in [-0.1, -0.05) is 6.92 Å². The topological polar surface area (TPSA) is 29.1 Å². The largest absolute Gasteiger partial charge is 0.351 e. The van der Waals surface area contributed by atoms with Gasteiger partial charge in [-0.3, -0.25) is 4.79 Å². The Hall–Kier alpha value is -0.530. The van der Waals surface area contributed by atoms with Gasteiger partial charge in [0.05, 0.1) is 0 Å². The van der Waals surface area contributed by atoms with Crippen LogP contribution >= 0.6 is 0 Å². The lowest BCUT2D eigenvalue weighted by Crippen LogP contribution is -2.42. The molecule has 10 heavy (non-hydrogen) atoms. The Morgan fingerprint density at radius 3 is 3.00 bits per heavy atom. The van der Waals surface area contributed by atoms with Crippen molar-refractivity contribution in [2.24, 2.45) is 11.8 Å². The molecule has 1 aliphatic carbocycles. The molecule has 0 unspecified atom stereocenters. The molecule has 2 fully saturated rings. The molecule has 3 atom stereocenters. The normalized spacial score (nSPS) is 51.6. The summed E-state index contributed by atoms with van der Waals surface area (Å²) >= 11 is 0. The zero-order valence-electron chi connectivity index (χ0n) is 6.48. The zero-order valence-corrected chi connectivity index (χ0v) is 6.48. The first-order valence-corrected chi connectivity index (χ1v) is 3.93. The quantitative estimate of drug-likeness (QED) is 0.531. The average Bonchev–Trinajstić information content (AvgIpc) is 2.39. The smallest absolute Gasteiger partial charge is 0.220 e. The van der Waals surface area contributed by atoms with Crippen molar-refractivity contribution in [3.05, 3.63) is 0 Å². The van der Waals surface area contributed by atoms with E-state index in [2.05, 4.69) is 19.2 Å². The molecule has 1 heterocycles. The number of rotatable bonds is 0. The van der Waals surface area contributed by atoms with Crippen LogP contribution in [-0.2, 0) is 4.79 Å². The van der Waals surface area contributed by atoms with E-state index in [-0.39, 0.29) is 11.4 Å². The van der Waals surface area contributed by atoms with Crippen LogP contribution in [0.5, 0.6) is 0 Å². The summed E-state index contributed by atoms with van der Waals surface area (Å²) in [6.45, 7) is 4.32. The van der Waals surface area contributed by atoms with Gasteiger partial charge in [0.2, 0.25) is 5.91 Å². The number of carbonyl (C=O) groups is 1. The summed E-state index contributed by atoms with van der Waals surface area (Å²) in [7, 11) is 0. The molecule has 0 aromatic carbocycles. The molecule has 0 spiro atoms. The maximum absolute atomic E-state index is 11.0. The van der Waals surface area contributed by atoms with Crippen LogP contribution in [0.3, 0.4) is 0 Å². The lowest BCUT2D eigenvalue weighted by atomic mass is 9.95. The number of nitrogens with one attached hydrogen (secondary N) is 1. The highest BCUT2D eigenvalue weighted by molar-refractivity contribution is 5.79. The molecule has 0 aromatic heterocycles. The molecule has 1 saturated carbocycles. The third-order valence-electron chi connectivity index (χ3n) is 2.92. The fourth-order valence-corrected chi connectivity index (χ4v) is 2.18. The first-order chi connectivity index (χ1) is 4.62. The summed E-state index contributed by atoms with van der Waals surface area (Å²) in [6.07, 6.45) is 1.93. The van der Waals surface area contributed by atoms with E-state index in [0.717, 1.165) is 12.3 Å². The van der Waals surface area contributed by atoms with Crippen molar-refractivity contribution in [2.75, 3.05) is 0 Å². The Labute approximate surface area is 61.0 Å². The lowest BCUT2D eigenvalue weighted by Gasteiger charge is -2.23. The van der Waals surface area contributed by atoms with Gasteiger partial charge in [-0.15, -0.1) is 0 Å². The molecule has 2 nitrogen and oxygen atoms in total. The van der Waals surface area contributed by atoms with Gasteiger partial charge in [-0.05, 0) is 25.2 Å². The number of fused-ring (bicyclic) bond motifs is 1. The van der Waals surface area contributed by atoms with Crippen molar-refractivity contribution < 1.29 is 4.79 Å². The minimum Gasteiger partial charge on any atom is -0.351 e. The molecule has 1 saturated heterocycles. The molecule has 2 heteroatoms. The number of piperidine rings is 1. The minimum atomic E-state index is 0.189. The first-order valence-electron chi connectivity index (χ1n) is 3.93. The summed E-state index contributed by atoms with van der Waals surface area (Å²) in [4.78, 5) is 11.0. The van der Waals surface area contributed by atoms with Gasteiger partial charge >= 0.3 is 0 Å². The third-order valence-corrected chi connectivity index (χ3v) is 2.92. The van der Waals surface area contributed by atoms with E-state index in [0.29, 0.717) is 5.92 Å². The molecule has 0 bridgehead atoms. The van der Waals surface area contributed by atoms with Crippen LogP contribution in [0.25, 0.3) is 0 Å². The van der Waals surface area contributed by atoms with E-state index in [1.165, 1.54) is 6.42 Å². The Morgan fingerprint density at radius 1 is 1.70 bits per heavy atom. The van der Waals surface area contributed by atoms with Gasteiger partial charge in [-0.2, -0.15) is 0 Å². The SMILES string of the molecule is C[C@H]1CC(=O)N[C@]2(C)C[C@H]12. The van der Waals surface area contributed by atoms with Crippen molar-refractivity contribution in [3.8, 4) is 0 Å². The van der Waals surface area contributed by atoms with Crippen LogP contribution < -0.4 is 5.32 Å². The van der Waals surface area contributed by atoms with Gasteiger partial charge < -0.3 is 5.32 Å². The number of carbonyl (C=O) groups excluding carboxylic acids is 1. The van der Waals surface area contributed by atoms with Crippen LogP contribution in [-0.4, -0.2) is 11.4 Å². The highest BCUT2D eigenvalue weighted by Crippen LogP contribution is 2.51. The fraction of sp³-hybridized carbons (Fsp3) is 0.875. The monoisotopic (exact) mass is 139 g/mol. The van der Waals surface area contributed by atoms with E-state index in [4.69, 9.17) is 0 Å². The maximum Gasteiger partial charge on any atom is 0.220 e. The van der Waals surface area contributed by atoms with Gasteiger partial charge in [0, 0.05) is 12.0 Å². The molecule has 56 valence electrons. The van der Waals surface area contributed by atoms with Crippen LogP contribution in [0.1, 0.15) is 26.7 Å².